The van der Waals surface area contributed by atoms with E-state index in [0.717, 1.165) is 32.6 Å². The standard InChI is InChI=1S/C24H48N2O/c1-3-5-6-7-8-9-10-11-12-13-14-15-16-17-18-19-24-25(4-2)20-21-26(24)22-23-27/h17-18,24,27H,3-16,19-23H2,1-2H3. The second-order valence-corrected chi connectivity index (χ2v) is 8.25. The molecule has 0 aliphatic carbocycles. The Balaban J connectivity index is 1.92. The molecule has 160 valence electrons. The molecule has 1 saturated heterocycles. The highest BCUT2D eigenvalue weighted by Gasteiger charge is 2.28. The van der Waals surface area contributed by atoms with Crippen molar-refractivity contribution in [3.63, 3.8) is 0 Å². The molecule has 3 nitrogen and oxygen atoms in total. The fraction of sp³-hybridized carbons (Fsp3) is 0.917. The van der Waals surface area contributed by atoms with E-state index in [-0.39, 0.29) is 6.61 Å². The summed E-state index contributed by atoms with van der Waals surface area (Å²) in [5.74, 6) is 0. The molecular formula is C24H48N2O. The monoisotopic (exact) mass is 380 g/mol. The predicted molar refractivity (Wildman–Crippen MR) is 119 cm³/mol. The van der Waals surface area contributed by atoms with E-state index in [1.807, 2.05) is 0 Å². The third kappa shape index (κ3) is 11.9. The van der Waals surface area contributed by atoms with Gasteiger partial charge in [0.1, 0.15) is 0 Å². The Morgan fingerprint density at radius 1 is 0.741 bits per heavy atom. The smallest absolute Gasteiger partial charge is 0.0659 e. The summed E-state index contributed by atoms with van der Waals surface area (Å²) in [7, 11) is 0. The van der Waals surface area contributed by atoms with Crippen molar-refractivity contribution in [2.45, 2.75) is 110 Å². The highest BCUT2D eigenvalue weighted by molar-refractivity contribution is 4.90. The molecule has 0 radical (unpaired) electrons. The molecule has 1 atom stereocenters. The van der Waals surface area contributed by atoms with E-state index in [0.29, 0.717) is 6.17 Å². The minimum Gasteiger partial charge on any atom is -0.395 e. The van der Waals surface area contributed by atoms with Crippen LogP contribution in [0.2, 0.25) is 0 Å². The molecule has 27 heavy (non-hydrogen) atoms. The zero-order valence-electron chi connectivity index (χ0n) is 18.5. The van der Waals surface area contributed by atoms with Crippen LogP contribution < -0.4 is 0 Å². The highest BCUT2D eigenvalue weighted by atomic mass is 16.3. The molecule has 1 aliphatic rings. The van der Waals surface area contributed by atoms with Crippen LogP contribution in [0, 0.1) is 0 Å². The number of likely N-dealkylation sites (N-methyl/N-ethyl adjacent to an activating group) is 1. The van der Waals surface area contributed by atoms with Gasteiger partial charge in [-0.25, -0.2) is 0 Å². The molecule has 1 unspecified atom stereocenters. The van der Waals surface area contributed by atoms with E-state index < -0.39 is 0 Å². The van der Waals surface area contributed by atoms with E-state index in [1.54, 1.807) is 0 Å². The number of unbranched alkanes of at least 4 members (excludes halogenated alkanes) is 12. The van der Waals surface area contributed by atoms with Crippen molar-refractivity contribution in [1.29, 1.82) is 0 Å². The Kier molecular flexibility index (Phi) is 16.2. The van der Waals surface area contributed by atoms with Crippen LogP contribution >= 0.6 is 0 Å². The Labute approximate surface area is 170 Å². The van der Waals surface area contributed by atoms with Crippen LogP contribution in [-0.4, -0.2) is 53.9 Å². The second kappa shape index (κ2) is 17.7. The largest absolute Gasteiger partial charge is 0.395 e. The lowest BCUT2D eigenvalue weighted by Crippen LogP contribution is -2.39. The summed E-state index contributed by atoms with van der Waals surface area (Å²) in [6.45, 7) is 8.98. The third-order valence-corrected chi connectivity index (χ3v) is 6.05. The van der Waals surface area contributed by atoms with Gasteiger partial charge >= 0.3 is 0 Å². The topological polar surface area (TPSA) is 26.7 Å². The molecular weight excluding hydrogens is 332 g/mol. The normalized spacial score (nSPS) is 18.9. The molecule has 1 aliphatic heterocycles. The fourth-order valence-corrected chi connectivity index (χ4v) is 4.28. The zero-order chi connectivity index (χ0) is 19.6. The Bertz CT molecular complexity index is 345. The van der Waals surface area contributed by atoms with Crippen LogP contribution in [0.5, 0.6) is 0 Å². The van der Waals surface area contributed by atoms with Crippen LogP contribution in [0.1, 0.15) is 104 Å². The van der Waals surface area contributed by atoms with Crippen LogP contribution in [0.25, 0.3) is 0 Å². The zero-order valence-corrected chi connectivity index (χ0v) is 18.5. The average Bonchev–Trinajstić information content (AvgIpc) is 3.07. The lowest BCUT2D eigenvalue weighted by molar-refractivity contribution is 0.120. The van der Waals surface area contributed by atoms with Crippen LogP contribution in [0.3, 0.4) is 0 Å². The number of β-amino-alcohol motifs (C(OH)–C–C–N with tert-alkyl or cyclic N) is 1. The van der Waals surface area contributed by atoms with Crippen molar-refractivity contribution in [3.8, 4) is 0 Å². The number of aliphatic hydroxyl groups excluding tert-OH is 1. The second-order valence-electron chi connectivity index (χ2n) is 8.25. The van der Waals surface area contributed by atoms with Crippen molar-refractivity contribution < 1.29 is 5.11 Å². The summed E-state index contributed by atoms with van der Waals surface area (Å²) in [4.78, 5) is 4.96. The molecule has 0 aromatic heterocycles. The summed E-state index contributed by atoms with van der Waals surface area (Å²) in [6.07, 6.45) is 24.7. The molecule has 1 rings (SSSR count). The molecule has 0 saturated carbocycles. The minimum atomic E-state index is 0.274. The first-order valence-corrected chi connectivity index (χ1v) is 12.1. The molecule has 0 spiro atoms. The minimum absolute atomic E-state index is 0.274. The first kappa shape index (κ1) is 24.7. The SMILES string of the molecule is CCCCCCCCCCCCCCC=CCC1N(CC)CCN1CCO. The van der Waals surface area contributed by atoms with Gasteiger partial charge in [0.05, 0.1) is 12.8 Å². The highest BCUT2D eigenvalue weighted by Crippen LogP contribution is 2.18. The van der Waals surface area contributed by atoms with E-state index in [1.165, 1.54) is 83.5 Å². The first-order valence-electron chi connectivity index (χ1n) is 12.1. The number of nitrogens with zero attached hydrogens (tertiary/aromatic N) is 2. The van der Waals surface area contributed by atoms with E-state index in [9.17, 15) is 5.11 Å². The van der Waals surface area contributed by atoms with Crippen LogP contribution in [-0.2, 0) is 0 Å². The van der Waals surface area contributed by atoms with E-state index in [4.69, 9.17) is 0 Å². The van der Waals surface area contributed by atoms with Gasteiger partial charge in [-0.2, -0.15) is 0 Å². The van der Waals surface area contributed by atoms with Gasteiger partial charge in [0, 0.05) is 19.6 Å². The maximum Gasteiger partial charge on any atom is 0.0659 e. The van der Waals surface area contributed by atoms with Gasteiger partial charge in [-0.05, 0) is 25.8 Å². The Hall–Kier alpha value is -0.380. The summed E-state index contributed by atoms with van der Waals surface area (Å²) in [6, 6.07) is 0. The van der Waals surface area contributed by atoms with Crippen molar-refractivity contribution in [3.05, 3.63) is 12.2 Å². The van der Waals surface area contributed by atoms with Gasteiger partial charge in [0.15, 0.2) is 0 Å². The molecule has 1 N–H and O–H groups in total. The van der Waals surface area contributed by atoms with Crippen molar-refractivity contribution in [1.82, 2.24) is 9.80 Å². The van der Waals surface area contributed by atoms with Crippen LogP contribution in [0.4, 0.5) is 0 Å². The summed E-state index contributed by atoms with van der Waals surface area (Å²) in [5, 5.41) is 9.23. The van der Waals surface area contributed by atoms with Gasteiger partial charge in [-0.3, -0.25) is 9.80 Å². The molecule has 1 heterocycles. The lowest BCUT2D eigenvalue weighted by Gasteiger charge is -2.28. The third-order valence-electron chi connectivity index (χ3n) is 6.05. The van der Waals surface area contributed by atoms with Crippen molar-refractivity contribution >= 4 is 0 Å². The van der Waals surface area contributed by atoms with Gasteiger partial charge in [0.25, 0.3) is 0 Å². The van der Waals surface area contributed by atoms with E-state index in [2.05, 4.69) is 35.8 Å². The quantitative estimate of drug-likeness (QED) is 0.234. The summed E-state index contributed by atoms with van der Waals surface area (Å²) in [5.41, 5.74) is 0. The maximum absolute atomic E-state index is 9.23. The molecule has 0 aromatic carbocycles. The lowest BCUT2D eigenvalue weighted by atomic mass is 10.0. The van der Waals surface area contributed by atoms with Crippen molar-refractivity contribution in [2.75, 3.05) is 32.8 Å². The van der Waals surface area contributed by atoms with Gasteiger partial charge in [-0.1, -0.05) is 96.6 Å². The number of rotatable bonds is 18. The number of allylic oxidation sites excluding steroid dienone is 1. The number of aliphatic hydroxyl groups is 1. The summed E-state index contributed by atoms with van der Waals surface area (Å²) >= 11 is 0. The molecule has 3 heteroatoms. The molecule has 0 aromatic rings. The van der Waals surface area contributed by atoms with Gasteiger partial charge in [-0.15, -0.1) is 0 Å². The van der Waals surface area contributed by atoms with Crippen LogP contribution in [0.15, 0.2) is 12.2 Å². The van der Waals surface area contributed by atoms with E-state index >= 15 is 0 Å². The Morgan fingerprint density at radius 2 is 1.30 bits per heavy atom. The predicted octanol–water partition coefficient (Wildman–Crippen LogP) is 5.98. The van der Waals surface area contributed by atoms with Crippen molar-refractivity contribution in [2.24, 2.45) is 0 Å². The fourth-order valence-electron chi connectivity index (χ4n) is 4.28. The number of hydrogen-bond acceptors (Lipinski definition) is 3. The van der Waals surface area contributed by atoms with Gasteiger partial charge < -0.3 is 5.11 Å². The molecule has 1 fully saturated rings. The Morgan fingerprint density at radius 3 is 1.85 bits per heavy atom. The summed E-state index contributed by atoms with van der Waals surface area (Å²) < 4.78 is 0. The first-order chi connectivity index (χ1) is 13.3. The molecule has 0 amide bonds. The molecule has 0 bridgehead atoms. The maximum atomic E-state index is 9.23. The average molecular weight is 381 g/mol. The number of hydrogen-bond donors (Lipinski definition) is 1. The van der Waals surface area contributed by atoms with Gasteiger partial charge in [0.2, 0.25) is 0 Å².